The van der Waals surface area contributed by atoms with Crippen molar-refractivity contribution in [2.75, 3.05) is 13.7 Å². The molecule has 7 nitrogen and oxygen atoms in total. The molecule has 7 heteroatoms. The number of amides is 1. The Hall–Kier alpha value is -3.74. The van der Waals surface area contributed by atoms with Gasteiger partial charge in [0, 0.05) is 30.6 Å². The highest BCUT2D eigenvalue weighted by molar-refractivity contribution is 5.92. The van der Waals surface area contributed by atoms with Crippen molar-refractivity contribution in [1.29, 1.82) is 0 Å². The third kappa shape index (κ3) is 3.55. The summed E-state index contributed by atoms with van der Waals surface area (Å²) in [5.41, 5.74) is 1.86. The number of rotatable bonds is 6. The van der Waals surface area contributed by atoms with E-state index in [1.165, 1.54) is 10.6 Å². The van der Waals surface area contributed by atoms with Crippen molar-refractivity contribution < 1.29 is 18.4 Å². The van der Waals surface area contributed by atoms with Crippen LogP contribution in [0.15, 0.2) is 68.2 Å². The van der Waals surface area contributed by atoms with Crippen LogP contribution in [-0.4, -0.2) is 24.1 Å². The van der Waals surface area contributed by atoms with Crippen molar-refractivity contribution >= 4 is 34.1 Å². The lowest BCUT2D eigenvalue weighted by atomic mass is 10.2. The Balaban J connectivity index is 1.38. The van der Waals surface area contributed by atoms with Gasteiger partial charge < -0.3 is 18.9 Å². The van der Waals surface area contributed by atoms with E-state index in [-0.39, 0.29) is 12.5 Å². The summed E-state index contributed by atoms with van der Waals surface area (Å²) in [6, 6.07) is 14.7. The lowest BCUT2D eigenvalue weighted by Gasteiger charge is -2.04. The fraction of sp³-hybridized carbons (Fsp3) is 0.143. The van der Waals surface area contributed by atoms with E-state index in [9.17, 15) is 9.59 Å². The minimum Gasteiger partial charge on any atom is -0.497 e. The number of carbonyl (C=O) groups is 1. The zero-order valence-corrected chi connectivity index (χ0v) is 15.2. The van der Waals surface area contributed by atoms with Crippen LogP contribution in [0.25, 0.3) is 28.1 Å². The van der Waals surface area contributed by atoms with Crippen LogP contribution >= 0.6 is 0 Å². The van der Waals surface area contributed by atoms with Gasteiger partial charge in [-0.25, -0.2) is 4.79 Å². The van der Waals surface area contributed by atoms with E-state index in [0.717, 1.165) is 11.0 Å². The van der Waals surface area contributed by atoms with Gasteiger partial charge in [-0.1, -0.05) is 18.2 Å². The summed E-state index contributed by atoms with van der Waals surface area (Å²) in [5.74, 6) is 0.457. The van der Waals surface area contributed by atoms with Crippen LogP contribution in [0.3, 0.4) is 0 Å². The molecule has 142 valence electrons. The molecule has 0 aliphatic rings. The number of nitrogens with one attached hydrogen (secondary N) is 1. The monoisotopic (exact) mass is 378 g/mol. The molecule has 1 amide bonds. The predicted octanol–water partition coefficient (Wildman–Crippen LogP) is 3.18. The molecular formula is C21H18N2O5. The van der Waals surface area contributed by atoms with Crippen LogP contribution < -0.4 is 15.8 Å². The lowest BCUT2D eigenvalue weighted by Crippen LogP contribution is -2.28. The summed E-state index contributed by atoms with van der Waals surface area (Å²) >= 11 is 0. The Morgan fingerprint density at radius 1 is 1.14 bits per heavy atom. The first-order valence-electron chi connectivity index (χ1n) is 8.76. The number of benzene rings is 2. The highest BCUT2D eigenvalue weighted by Crippen LogP contribution is 2.20. The van der Waals surface area contributed by atoms with Crippen LogP contribution in [0.1, 0.15) is 5.76 Å². The number of carbonyl (C=O) groups excluding carboxylic acids is 1. The number of nitrogens with zero attached hydrogens (tertiary/aromatic N) is 1. The number of hydrogen-bond donors (Lipinski definition) is 1. The maximum Gasteiger partial charge on any atom is 0.420 e. The summed E-state index contributed by atoms with van der Waals surface area (Å²) in [6.45, 7) is 0.576. The number of aromatic nitrogens is 1. The standard InChI is InChI=1S/C21H18N2O5/c1-26-15-6-8-17-19(13-15)28-21(25)23(17)11-10-22-20(24)9-7-16-12-14-4-2-3-5-18(14)27-16/h2-9,12-13H,10-11H2,1H3,(H,22,24)/b9-7+. The normalized spacial score (nSPS) is 11.5. The average Bonchev–Trinajstić information content (AvgIpc) is 3.26. The summed E-state index contributed by atoms with van der Waals surface area (Å²) in [6.07, 6.45) is 3.01. The Morgan fingerprint density at radius 2 is 2.00 bits per heavy atom. The van der Waals surface area contributed by atoms with Gasteiger partial charge in [0.2, 0.25) is 5.91 Å². The van der Waals surface area contributed by atoms with Crippen molar-refractivity contribution in [3.63, 3.8) is 0 Å². The average molecular weight is 378 g/mol. The first-order valence-corrected chi connectivity index (χ1v) is 8.76. The molecule has 1 N–H and O–H groups in total. The molecule has 0 unspecified atom stereocenters. The molecule has 4 aromatic rings. The SMILES string of the molecule is COc1ccc2c(c1)oc(=O)n2CCNC(=O)/C=C/c1cc2ccccc2o1. The Labute approximate surface area is 159 Å². The Kier molecular flexibility index (Phi) is 4.72. The first kappa shape index (κ1) is 17.7. The highest BCUT2D eigenvalue weighted by atomic mass is 16.5. The Bertz CT molecular complexity index is 1200. The maximum atomic E-state index is 12.0. The van der Waals surface area contributed by atoms with Gasteiger partial charge in [-0.15, -0.1) is 0 Å². The van der Waals surface area contributed by atoms with E-state index in [0.29, 0.717) is 29.2 Å². The van der Waals surface area contributed by atoms with E-state index in [2.05, 4.69) is 5.32 Å². The van der Waals surface area contributed by atoms with Crippen molar-refractivity contribution in [2.45, 2.75) is 6.54 Å². The second-order valence-electron chi connectivity index (χ2n) is 6.16. The van der Waals surface area contributed by atoms with Gasteiger partial charge in [0.1, 0.15) is 17.1 Å². The third-order valence-electron chi connectivity index (χ3n) is 4.35. The molecule has 0 radical (unpaired) electrons. The molecule has 2 aromatic carbocycles. The van der Waals surface area contributed by atoms with Gasteiger partial charge in [0.25, 0.3) is 0 Å². The highest BCUT2D eigenvalue weighted by Gasteiger charge is 2.10. The van der Waals surface area contributed by atoms with E-state index >= 15 is 0 Å². The molecule has 0 aliphatic carbocycles. The van der Waals surface area contributed by atoms with Gasteiger partial charge in [-0.3, -0.25) is 9.36 Å². The molecule has 0 saturated carbocycles. The van der Waals surface area contributed by atoms with Crippen LogP contribution in [0.4, 0.5) is 0 Å². The molecule has 0 fully saturated rings. The number of ether oxygens (including phenoxy) is 1. The van der Waals surface area contributed by atoms with Crippen molar-refractivity contribution in [1.82, 2.24) is 9.88 Å². The maximum absolute atomic E-state index is 12.0. The van der Waals surface area contributed by atoms with Gasteiger partial charge >= 0.3 is 5.76 Å². The van der Waals surface area contributed by atoms with E-state index in [1.54, 1.807) is 31.4 Å². The lowest BCUT2D eigenvalue weighted by molar-refractivity contribution is -0.116. The van der Waals surface area contributed by atoms with E-state index in [4.69, 9.17) is 13.6 Å². The minimum atomic E-state index is -0.477. The zero-order chi connectivity index (χ0) is 19.5. The van der Waals surface area contributed by atoms with Crippen molar-refractivity contribution in [3.8, 4) is 5.75 Å². The third-order valence-corrected chi connectivity index (χ3v) is 4.35. The van der Waals surface area contributed by atoms with Crippen molar-refractivity contribution in [2.24, 2.45) is 0 Å². The second kappa shape index (κ2) is 7.48. The molecule has 0 atom stereocenters. The smallest absolute Gasteiger partial charge is 0.420 e. The summed E-state index contributed by atoms with van der Waals surface area (Å²) < 4.78 is 17.4. The number of oxazole rings is 1. The van der Waals surface area contributed by atoms with Gasteiger partial charge in [-0.2, -0.15) is 0 Å². The van der Waals surface area contributed by atoms with Crippen molar-refractivity contribution in [3.05, 3.63) is 70.9 Å². The number of furan rings is 1. The largest absolute Gasteiger partial charge is 0.497 e. The van der Waals surface area contributed by atoms with Gasteiger partial charge in [-0.05, 0) is 30.3 Å². The molecule has 28 heavy (non-hydrogen) atoms. The molecule has 2 aromatic heterocycles. The molecule has 0 aliphatic heterocycles. The summed E-state index contributed by atoms with van der Waals surface area (Å²) in [5, 5.41) is 3.72. The fourth-order valence-corrected chi connectivity index (χ4v) is 2.98. The number of fused-ring (bicyclic) bond motifs is 2. The fourth-order valence-electron chi connectivity index (χ4n) is 2.98. The van der Waals surface area contributed by atoms with Gasteiger partial charge in [0.05, 0.1) is 12.6 Å². The molecule has 0 saturated heterocycles. The molecule has 4 rings (SSSR count). The molecule has 2 heterocycles. The number of hydrogen-bond acceptors (Lipinski definition) is 5. The minimum absolute atomic E-state index is 0.275. The van der Waals surface area contributed by atoms with Crippen LogP contribution in [-0.2, 0) is 11.3 Å². The number of methoxy groups -OCH3 is 1. The zero-order valence-electron chi connectivity index (χ0n) is 15.2. The van der Waals surface area contributed by atoms with Crippen LogP contribution in [0.5, 0.6) is 5.75 Å². The Morgan fingerprint density at radius 3 is 2.82 bits per heavy atom. The molecular weight excluding hydrogens is 360 g/mol. The first-order chi connectivity index (χ1) is 13.6. The van der Waals surface area contributed by atoms with Crippen LogP contribution in [0.2, 0.25) is 0 Å². The predicted molar refractivity (Wildman–Crippen MR) is 105 cm³/mol. The summed E-state index contributed by atoms with van der Waals surface area (Å²) in [4.78, 5) is 24.1. The summed E-state index contributed by atoms with van der Waals surface area (Å²) in [7, 11) is 1.55. The molecule has 0 bridgehead atoms. The molecule has 0 spiro atoms. The number of para-hydroxylation sites is 1. The van der Waals surface area contributed by atoms with E-state index < -0.39 is 5.76 Å². The quantitative estimate of drug-likeness (QED) is 0.521. The van der Waals surface area contributed by atoms with E-state index in [1.807, 2.05) is 30.3 Å². The second-order valence-corrected chi connectivity index (χ2v) is 6.16. The topological polar surface area (TPSA) is 86.6 Å². The van der Waals surface area contributed by atoms with Crippen LogP contribution in [0, 0.1) is 0 Å². The van der Waals surface area contributed by atoms with Gasteiger partial charge in [0.15, 0.2) is 5.58 Å².